The number of amides is 1. The van der Waals surface area contributed by atoms with Gasteiger partial charge in [-0.05, 0) is 25.1 Å². The van der Waals surface area contributed by atoms with E-state index in [1.54, 1.807) is 6.92 Å². The van der Waals surface area contributed by atoms with E-state index < -0.39 is 11.7 Å². The maximum absolute atomic E-state index is 13.6. The van der Waals surface area contributed by atoms with E-state index in [9.17, 15) is 9.18 Å². The number of carbonyl (C=O) groups is 1. The molecule has 0 aliphatic carbocycles. The van der Waals surface area contributed by atoms with Crippen molar-refractivity contribution in [2.45, 2.75) is 6.92 Å². The number of aryl methyl sites for hydroxylation is 1. The number of aliphatic hydroxyl groups is 1. The molecule has 0 bridgehead atoms. The minimum absolute atomic E-state index is 0.112. The Labute approximate surface area is 113 Å². The molecule has 20 heavy (non-hydrogen) atoms. The second-order valence-corrected chi connectivity index (χ2v) is 3.76. The van der Waals surface area contributed by atoms with Crippen LogP contribution in [0.1, 0.15) is 21.7 Å². The first-order valence-electron chi connectivity index (χ1n) is 5.61. The topological polar surface area (TPSA) is 88.2 Å². The summed E-state index contributed by atoms with van der Waals surface area (Å²) in [7, 11) is 0. The summed E-state index contributed by atoms with van der Waals surface area (Å²) >= 11 is 0. The maximum atomic E-state index is 13.6. The smallest absolute Gasteiger partial charge is 0.328 e. The minimum Gasteiger partial charge on any atom is -0.384 e. The number of aromatic nitrogens is 2. The van der Waals surface area contributed by atoms with Crippen LogP contribution in [0, 0.1) is 24.6 Å². The van der Waals surface area contributed by atoms with Gasteiger partial charge in [0.15, 0.2) is 5.82 Å². The van der Waals surface area contributed by atoms with Crippen LogP contribution in [-0.4, -0.2) is 27.8 Å². The van der Waals surface area contributed by atoms with Crippen LogP contribution in [-0.2, 0) is 0 Å². The van der Waals surface area contributed by atoms with Crippen LogP contribution in [0.2, 0.25) is 0 Å². The highest BCUT2D eigenvalue weighted by Gasteiger charge is 2.15. The third-order valence-corrected chi connectivity index (χ3v) is 2.27. The number of aliphatic hydroxyl groups excluding tert-OH is 1. The summed E-state index contributed by atoms with van der Waals surface area (Å²) in [5.74, 6) is 3.93. The Morgan fingerprint density at radius 2 is 2.35 bits per heavy atom. The maximum Gasteiger partial charge on any atom is 0.328 e. The van der Waals surface area contributed by atoms with Gasteiger partial charge in [-0.25, -0.2) is 4.39 Å². The molecule has 0 atom stereocenters. The largest absolute Gasteiger partial charge is 0.384 e. The van der Waals surface area contributed by atoms with Crippen LogP contribution in [0.5, 0.6) is 0 Å². The van der Waals surface area contributed by atoms with Crippen molar-refractivity contribution >= 4 is 11.9 Å². The molecule has 7 heteroatoms. The predicted molar refractivity (Wildman–Crippen MR) is 67.4 cm³/mol. The normalized spacial score (nSPS) is 9.75. The Morgan fingerprint density at radius 1 is 1.55 bits per heavy atom. The van der Waals surface area contributed by atoms with Gasteiger partial charge in [0, 0.05) is 5.56 Å². The summed E-state index contributed by atoms with van der Waals surface area (Å²) in [6.45, 7) is 1.27. The fraction of sp³-hybridized carbons (Fsp3) is 0.154. The third-order valence-electron chi connectivity index (χ3n) is 2.27. The molecular weight excluding hydrogens is 265 g/mol. The van der Waals surface area contributed by atoms with E-state index in [-0.39, 0.29) is 18.2 Å². The lowest BCUT2D eigenvalue weighted by Gasteiger charge is -2.02. The molecule has 0 unspecified atom stereocenters. The first kappa shape index (κ1) is 13.7. The molecule has 0 saturated carbocycles. The molecule has 1 heterocycles. The molecule has 6 nitrogen and oxygen atoms in total. The number of nitrogens with one attached hydrogen (secondary N) is 1. The van der Waals surface area contributed by atoms with E-state index in [2.05, 4.69) is 27.3 Å². The first-order valence-corrected chi connectivity index (χ1v) is 5.61. The number of halogens is 1. The van der Waals surface area contributed by atoms with Gasteiger partial charge in [0.05, 0.1) is 5.56 Å². The second kappa shape index (κ2) is 5.95. The summed E-state index contributed by atoms with van der Waals surface area (Å²) in [5.41, 5.74) is 0.206. The van der Waals surface area contributed by atoms with Gasteiger partial charge in [-0.3, -0.25) is 10.1 Å². The Bertz CT molecular complexity index is 700. The van der Waals surface area contributed by atoms with Crippen LogP contribution in [0.3, 0.4) is 0 Å². The summed E-state index contributed by atoms with van der Waals surface area (Å²) in [4.78, 5) is 15.7. The van der Waals surface area contributed by atoms with E-state index in [0.717, 1.165) is 6.07 Å². The average molecular weight is 275 g/mol. The molecule has 1 aromatic carbocycles. The van der Waals surface area contributed by atoms with Gasteiger partial charge in [-0.2, -0.15) is 4.98 Å². The lowest BCUT2D eigenvalue weighted by Crippen LogP contribution is -2.14. The average Bonchev–Trinajstić information content (AvgIpc) is 2.83. The molecule has 0 fully saturated rings. The molecule has 2 rings (SSSR count). The Kier molecular flexibility index (Phi) is 4.08. The van der Waals surface area contributed by atoms with Crippen LogP contribution >= 0.6 is 0 Å². The van der Waals surface area contributed by atoms with Gasteiger partial charge in [-0.15, -0.1) is 0 Å². The standard InChI is InChI=1S/C13H10FN3O3/c1-8-15-13(20-17-8)16-12(19)10-7-9(3-2-6-18)4-5-11(10)14/h4-5,7,18H,6H2,1H3,(H,15,16,17,19). The lowest BCUT2D eigenvalue weighted by atomic mass is 10.1. The van der Waals surface area contributed by atoms with E-state index >= 15 is 0 Å². The van der Waals surface area contributed by atoms with Gasteiger partial charge < -0.3 is 9.63 Å². The molecule has 1 aromatic heterocycles. The molecule has 0 radical (unpaired) electrons. The number of anilines is 1. The van der Waals surface area contributed by atoms with E-state index in [4.69, 9.17) is 9.63 Å². The quantitative estimate of drug-likeness (QED) is 0.802. The van der Waals surface area contributed by atoms with E-state index in [0.29, 0.717) is 11.4 Å². The molecule has 2 aromatic rings. The highest BCUT2D eigenvalue weighted by molar-refractivity contribution is 6.03. The number of nitrogens with zero attached hydrogens (tertiary/aromatic N) is 2. The second-order valence-electron chi connectivity index (χ2n) is 3.76. The summed E-state index contributed by atoms with van der Waals surface area (Å²) < 4.78 is 18.3. The van der Waals surface area contributed by atoms with Crippen LogP contribution in [0.15, 0.2) is 22.7 Å². The molecule has 0 saturated heterocycles. The molecule has 1 amide bonds. The minimum atomic E-state index is -0.723. The van der Waals surface area contributed by atoms with Gasteiger partial charge in [0.25, 0.3) is 5.91 Å². The third kappa shape index (κ3) is 3.18. The first-order chi connectivity index (χ1) is 9.60. The molecule has 2 N–H and O–H groups in total. The Balaban J connectivity index is 2.24. The van der Waals surface area contributed by atoms with Crippen molar-refractivity contribution in [3.8, 4) is 11.8 Å². The van der Waals surface area contributed by atoms with Crippen molar-refractivity contribution in [2.75, 3.05) is 11.9 Å². The fourth-order valence-electron chi connectivity index (χ4n) is 1.43. The summed E-state index contributed by atoms with van der Waals surface area (Å²) in [6.07, 6.45) is 0. The van der Waals surface area contributed by atoms with Crippen molar-refractivity contribution in [3.05, 3.63) is 41.0 Å². The number of carbonyl (C=O) groups excluding carboxylic acids is 1. The predicted octanol–water partition coefficient (Wildman–Crippen LogP) is 1.11. The molecular formula is C13H10FN3O3. The zero-order valence-electron chi connectivity index (χ0n) is 10.5. The van der Waals surface area contributed by atoms with Crippen LogP contribution < -0.4 is 5.32 Å². The van der Waals surface area contributed by atoms with Crippen molar-refractivity contribution in [1.82, 2.24) is 10.1 Å². The Morgan fingerprint density at radius 3 is 3.00 bits per heavy atom. The van der Waals surface area contributed by atoms with E-state index in [1.807, 2.05) is 0 Å². The van der Waals surface area contributed by atoms with Crippen molar-refractivity contribution in [2.24, 2.45) is 0 Å². The molecule has 102 valence electrons. The molecule has 0 aliphatic heterocycles. The zero-order valence-corrected chi connectivity index (χ0v) is 10.5. The summed E-state index contributed by atoms with van der Waals surface area (Å²) in [6, 6.07) is 3.69. The van der Waals surface area contributed by atoms with Crippen LogP contribution in [0.25, 0.3) is 0 Å². The number of rotatable bonds is 2. The number of hydrogen-bond donors (Lipinski definition) is 2. The highest BCUT2D eigenvalue weighted by Crippen LogP contribution is 2.12. The SMILES string of the molecule is Cc1noc(NC(=O)c2cc(C#CCO)ccc2F)n1. The van der Waals surface area contributed by atoms with Gasteiger partial charge in [0.2, 0.25) is 0 Å². The Hall–Kier alpha value is -2.72. The lowest BCUT2D eigenvalue weighted by molar-refractivity contribution is 0.101. The van der Waals surface area contributed by atoms with Crippen molar-refractivity contribution in [3.63, 3.8) is 0 Å². The number of hydrogen-bond acceptors (Lipinski definition) is 5. The monoisotopic (exact) mass is 275 g/mol. The molecule has 0 aliphatic rings. The summed E-state index contributed by atoms with van der Waals surface area (Å²) in [5, 5.41) is 14.4. The molecule has 0 spiro atoms. The van der Waals surface area contributed by atoms with Gasteiger partial charge in [0.1, 0.15) is 12.4 Å². The van der Waals surface area contributed by atoms with Gasteiger partial charge in [-0.1, -0.05) is 17.0 Å². The van der Waals surface area contributed by atoms with Crippen LogP contribution in [0.4, 0.5) is 10.4 Å². The van der Waals surface area contributed by atoms with Crippen molar-refractivity contribution < 1.29 is 18.8 Å². The van der Waals surface area contributed by atoms with Crippen molar-refractivity contribution in [1.29, 1.82) is 0 Å². The zero-order chi connectivity index (χ0) is 14.5. The fourth-order valence-corrected chi connectivity index (χ4v) is 1.43. The number of benzene rings is 1. The highest BCUT2D eigenvalue weighted by atomic mass is 19.1. The van der Waals surface area contributed by atoms with E-state index in [1.165, 1.54) is 12.1 Å². The van der Waals surface area contributed by atoms with Gasteiger partial charge >= 0.3 is 6.01 Å².